The van der Waals surface area contributed by atoms with Gasteiger partial charge in [-0.05, 0) is 44.1 Å². The van der Waals surface area contributed by atoms with Crippen LogP contribution in [0.5, 0.6) is 0 Å². The number of aryl methyl sites for hydroxylation is 1. The summed E-state index contributed by atoms with van der Waals surface area (Å²) in [5.41, 5.74) is 1.69. The van der Waals surface area contributed by atoms with E-state index in [0.717, 1.165) is 31.6 Å². The van der Waals surface area contributed by atoms with Crippen molar-refractivity contribution < 1.29 is 4.39 Å². The molecule has 9 heteroatoms. The monoisotopic (exact) mass is 407 g/mol. The summed E-state index contributed by atoms with van der Waals surface area (Å²) >= 11 is 0. The minimum atomic E-state index is -0.460. The lowest BCUT2D eigenvalue weighted by Gasteiger charge is -2.33. The highest BCUT2D eigenvalue weighted by atomic mass is 19.1. The first-order chi connectivity index (χ1) is 14.5. The zero-order valence-corrected chi connectivity index (χ0v) is 16.8. The molecule has 0 amide bonds. The molecule has 0 radical (unpaired) electrons. The molecule has 2 N–H and O–H groups in total. The predicted octanol–water partition coefficient (Wildman–Crippen LogP) is 2.20. The van der Waals surface area contributed by atoms with E-state index in [9.17, 15) is 9.18 Å². The zero-order chi connectivity index (χ0) is 20.8. The average molecular weight is 407 g/mol. The maximum atomic E-state index is 14.5. The molecule has 1 aromatic carbocycles. The van der Waals surface area contributed by atoms with Gasteiger partial charge in [0.2, 0.25) is 0 Å². The number of fused-ring (bicyclic) bond motifs is 2. The standard InChI is InChI=1S/C21H22FN7O/c1-28-11-13-7-12(8-17(22)18(13)27-28)19-25-20-16(21(30)26-19)9-15(10-24-20)29(2)14-3-5-23-6-4-14/h7-11,14,23H,3-6H2,1-2H3,(H,24,25,26,30). The molecule has 5 rings (SSSR count). The Labute approximate surface area is 171 Å². The van der Waals surface area contributed by atoms with E-state index in [1.165, 1.54) is 6.07 Å². The van der Waals surface area contributed by atoms with E-state index in [4.69, 9.17) is 0 Å². The van der Waals surface area contributed by atoms with E-state index in [-0.39, 0.29) is 16.9 Å². The average Bonchev–Trinajstić information content (AvgIpc) is 3.14. The van der Waals surface area contributed by atoms with E-state index in [1.54, 1.807) is 30.2 Å². The lowest BCUT2D eigenvalue weighted by atomic mass is 10.0. The van der Waals surface area contributed by atoms with E-state index in [0.29, 0.717) is 28.0 Å². The Balaban J connectivity index is 1.55. The molecule has 4 aromatic rings. The van der Waals surface area contributed by atoms with Gasteiger partial charge in [0.05, 0.1) is 17.3 Å². The first kappa shape index (κ1) is 18.7. The molecule has 154 valence electrons. The minimum Gasteiger partial charge on any atom is -0.370 e. The fourth-order valence-electron chi connectivity index (χ4n) is 4.09. The number of hydrogen-bond donors (Lipinski definition) is 2. The molecular formula is C21H22FN7O. The van der Waals surface area contributed by atoms with Crippen LogP contribution in [0.15, 0.2) is 35.4 Å². The number of rotatable bonds is 3. The van der Waals surface area contributed by atoms with Crippen molar-refractivity contribution in [3.63, 3.8) is 0 Å². The van der Waals surface area contributed by atoms with Crippen LogP contribution < -0.4 is 15.8 Å². The molecule has 3 aromatic heterocycles. The van der Waals surface area contributed by atoms with Crippen molar-refractivity contribution in [3.8, 4) is 11.4 Å². The smallest absolute Gasteiger partial charge is 0.260 e. The van der Waals surface area contributed by atoms with Crippen LogP contribution in [-0.2, 0) is 7.05 Å². The molecule has 0 aliphatic carbocycles. The molecule has 4 heterocycles. The number of halogens is 1. The molecule has 0 bridgehead atoms. The number of benzene rings is 1. The maximum absolute atomic E-state index is 14.5. The Hall–Kier alpha value is -3.33. The quantitative estimate of drug-likeness (QED) is 0.541. The SMILES string of the molecule is CN(c1cnc2nc(-c3cc(F)c4nn(C)cc4c3)[nH]c(=O)c2c1)C1CCNCC1. The Morgan fingerprint density at radius 2 is 2.03 bits per heavy atom. The molecular weight excluding hydrogens is 385 g/mol. The Kier molecular flexibility index (Phi) is 4.47. The highest BCUT2D eigenvalue weighted by Crippen LogP contribution is 2.25. The second-order valence-corrected chi connectivity index (χ2v) is 7.77. The van der Waals surface area contributed by atoms with Gasteiger partial charge in [-0.25, -0.2) is 14.4 Å². The van der Waals surface area contributed by atoms with Gasteiger partial charge < -0.3 is 15.2 Å². The summed E-state index contributed by atoms with van der Waals surface area (Å²) in [6.07, 6.45) is 5.56. The molecule has 8 nitrogen and oxygen atoms in total. The van der Waals surface area contributed by atoms with Crippen molar-refractivity contribution >= 4 is 27.6 Å². The van der Waals surface area contributed by atoms with Crippen molar-refractivity contribution in [1.82, 2.24) is 30.0 Å². The van der Waals surface area contributed by atoms with Gasteiger partial charge in [0.25, 0.3) is 5.56 Å². The van der Waals surface area contributed by atoms with E-state index >= 15 is 0 Å². The number of nitrogens with one attached hydrogen (secondary N) is 2. The summed E-state index contributed by atoms with van der Waals surface area (Å²) in [4.78, 5) is 26.7. The lowest BCUT2D eigenvalue weighted by molar-refractivity contribution is 0.443. The van der Waals surface area contributed by atoms with Gasteiger partial charge in [0, 0.05) is 37.3 Å². The van der Waals surface area contributed by atoms with Crippen LogP contribution in [0.2, 0.25) is 0 Å². The topological polar surface area (TPSA) is 91.7 Å². The number of anilines is 1. The summed E-state index contributed by atoms with van der Waals surface area (Å²) in [6, 6.07) is 5.32. The molecule has 1 aliphatic rings. The van der Waals surface area contributed by atoms with Crippen molar-refractivity contribution in [3.05, 3.63) is 46.8 Å². The summed E-state index contributed by atoms with van der Waals surface area (Å²) in [5, 5.41) is 8.52. The number of aromatic amines is 1. The fraction of sp³-hybridized carbons (Fsp3) is 0.333. The normalized spacial score (nSPS) is 15.2. The summed E-state index contributed by atoms with van der Waals surface area (Å²) in [6.45, 7) is 1.97. The summed E-state index contributed by atoms with van der Waals surface area (Å²) in [7, 11) is 3.76. The predicted molar refractivity (Wildman–Crippen MR) is 114 cm³/mol. The molecule has 0 saturated carbocycles. The van der Waals surface area contributed by atoms with E-state index in [1.807, 2.05) is 13.1 Å². The van der Waals surface area contributed by atoms with Gasteiger partial charge in [-0.1, -0.05) is 0 Å². The first-order valence-electron chi connectivity index (χ1n) is 9.96. The van der Waals surface area contributed by atoms with Crippen LogP contribution >= 0.6 is 0 Å². The molecule has 0 atom stereocenters. The Morgan fingerprint density at radius 1 is 1.23 bits per heavy atom. The number of pyridine rings is 1. The van der Waals surface area contributed by atoms with Gasteiger partial charge in [0.1, 0.15) is 11.3 Å². The van der Waals surface area contributed by atoms with Gasteiger partial charge in [-0.2, -0.15) is 5.10 Å². The van der Waals surface area contributed by atoms with Gasteiger partial charge >= 0.3 is 0 Å². The number of hydrogen-bond acceptors (Lipinski definition) is 6. The second kappa shape index (κ2) is 7.17. The molecule has 1 fully saturated rings. The molecule has 1 saturated heterocycles. The van der Waals surface area contributed by atoms with E-state index in [2.05, 4.69) is 30.3 Å². The number of nitrogens with zero attached hydrogens (tertiary/aromatic N) is 5. The third kappa shape index (κ3) is 3.21. The van der Waals surface area contributed by atoms with Crippen LogP contribution in [-0.4, -0.2) is 50.9 Å². The van der Waals surface area contributed by atoms with Gasteiger partial charge in [-0.3, -0.25) is 9.48 Å². The minimum absolute atomic E-state index is 0.282. The van der Waals surface area contributed by atoms with Crippen LogP contribution in [0.25, 0.3) is 33.3 Å². The van der Waals surface area contributed by atoms with Gasteiger partial charge in [0.15, 0.2) is 11.5 Å². The Bertz CT molecular complexity index is 1310. The largest absolute Gasteiger partial charge is 0.370 e. The molecule has 0 spiro atoms. The Morgan fingerprint density at radius 3 is 2.83 bits per heavy atom. The van der Waals surface area contributed by atoms with Crippen LogP contribution in [0.3, 0.4) is 0 Å². The van der Waals surface area contributed by atoms with Gasteiger partial charge in [-0.15, -0.1) is 0 Å². The molecule has 30 heavy (non-hydrogen) atoms. The number of aromatic nitrogens is 5. The fourth-order valence-corrected chi connectivity index (χ4v) is 4.09. The highest BCUT2D eigenvalue weighted by molar-refractivity contribution is 5.85. The van der Waals surface area contributed by atoms with E-state index < -0.39 is 5.82 Å². The number of piperidine rings is 1. The van der Waals surface area contributed by atoms with Crippen LogP contribution in [0, 0.1) is 5.82 Å². The number of H-pyrrole nitrogens is 1. The van der Waals surface area contributed by atoms with Crippen molar-refractivity contribution in [2.24, 2.45) is 7.05 Å². The van der Waals surface area contributed by atoms with Crippen LogP contribution in [0.4, 0.5) is 10.1 Å². The second-order valence-electron chi connectivity index (χ2n) is 7.77. The summed E-state index contributed by atoms with van der Waals surface area (Å²) in [5.74, 6) is -0.179. The molecule has 1 aliphatic heterocycles. The maximum Gasteiger partial charge on any atom is 0.260 e. The zero-order valence-electron chi connectivity index (χ0n) is 16.8. The van der Waals surface area contributed by atoms with Crippen molar-refractivity contribution in [2.75, 3.05) is 25.0 Å². The van der Waals surface area contributed by atoms with Crippen LogP contribution in [0.1, 0.15) is 12.8 Å². The third-order valence-corrected chi connectivity index (χ3v) is 5.76. The molecule has 0 unspecified atom stereocenters. The lowest BCUT2D eigenvalue weighted by Crippen LogP contribution is -2.41. The summed E-state index contributed by atoms with van der Waals surface area (Å²) < 4.78 is 16.0. The first-order valence-corrected chi connectivity index (χ1v) is 9.96. The highest BCUT2D eigenvalue weighted by Gasteiger charge is 2.19. The van der Waals surface area contributed by atoms with Crippen molar-refractivity contribution in [2.45, 2.75) is 18.9 Å². The third-order valence-electron chi connectivity index (χ3n) is 5.76. The van der Waals surface area contributed by atoms with Crippen molar-refractivity contribution in [1.29, 1.82) is 0 Å².